The number of benzene rings is 2. The molecule has 2 aromatic rings. The summed E-state index contributed by atoms with van der Waals surface area (Å²) in [4.78, 5) is 63.7. The topological polar surface area (TPSA) is 118 Å². The number of hydrazine groups is 1. The summed E-state index contributed by atoms with van der Waals surface area (Å²) in [6.07, 6.45) is 2.60. The number of halogens is 2. The lowest BCUT2D eigenvalue weighted by molar-refractivity contribution is -0.384. The average molecular weight is 516 g/mol. The number of rotatable bonds is 6. The van der Waals surface area contributed by atoms with Crippen LogP contribution >= 0.6 is 23.2 Å². The molecular formula is C24H19Cl2N3O6. The first-order valence-corrected chi connectivity index (χ1v) is 11.4. The molecule has 180 valence electrons. The number of nitro benzene ring substituents is 1. The van der Waals surface area contributed by atoms with E-state index in [1.807, 2.05) is 13.0 Å². The van der Waals surface area contributed by atoms with Crippen LogP contribution in [0, 0.1) is 22.0 Å². The van der Waals surface area contributed by atoms with E-state index < -0.39 is 46.8 Å². The second kappa shape index (κ2) is 9.59. The Morgan fingerprint density at radius 1 is 1.11 bits per heavy atom. The van der Waals surface area contributed by atoms with E-state index in [4.69, 9.17) is 23.2 Å². The first-order valence-electron chi connectivity index (χ1n) is 10.7. The Hall–Kier alpha value is -3.56. The van der Waals surface area contributed by atoms with Crippen LogP contribution in [-0.4, -0.2) is 45.0 Å². The average Bonchev–Trinajstić information content (AvgIpc) is 3.06. The Labute approximate surface area is 210 Å². The molecule has 9 nitrogen and oxygen atoms in total. The number of carbonyl (C=O) groups excluding carboxylic acids is 4. The van der Waals surface area contributed by atoms with Crippen LogP contribution < -0.4 is 0 Å². The van der Waals surface area contributed by atoms with Crippen molar-refractivity contribution in [1.29, 1.82) is 0 Å². The molecule has 1 fully saturated rings. The number of hydrogen-bond acceptors (Lipinski definition) is 6. The predicted octanol–water partition coefficient (Wildman–Crippen LogP) is 4.48. The van der Waals surface area contributed by atoms with Crippen molar-refractivity contribution < 1.29 is 24.1 Å². The van der Waals surface area contributed by atoms with Crippen molar-refractivity contribution in [2.75, 3.05) is 6.54 Å². The summed E-state index contributed by atoms with van der Waals surface area (Å²) in [7, 11) is 0. The van der Waals surface area contributed by atoms with Crippen LogP contribution in [0.1, 0.15) is 40.5 Å². The van der Waals surface area contributed by atoms with Gasteiger partial charge in [-0.1, -0.05) is 47.0 Å². The molecule has 0 unspecified atom stereocenters. The molecule has 1 saturated heterocycles. The molecule has 2 aromatic carbocycles. The summed E-state index contributed by atoms with van der Waals surface area (Å²) >= 11 is 12.1. The molecule has 1 aliphatic carbocycles. The fourth-order valence-electron chi connectivity index (χ4n) is 4.31. The second-order valence-electron chi connectivity index (χ2n) is 8.41. The van der Waals surface area contributed by atoms with Crippen molar-refractivity contribution in [3.63, 3.8) is 0 Å². The molecule has 0 radical (unpaired) electrons. The number of fused-ring (bicyclic) bond motifs is 1. The number of allylic oxidation sites excluding steroid dienone is 2. The van der Waals surface area contributed by atoms with Crippen LogP contribution in [0.15, 0.2) is 54.1 Å². The molecule has 2 aliphatic rings. The summed E-state index contributed by atoms with van der Waals surface area (Å²) in [5.74, 6) is -4.01. The number of nitrogens with zero attached hydrogens (tertiary/aromatic N) is 3. The van der Waals surface area contributed by atoms with Gasteiger partial charge in [-0.25, -0.2) is 5.01 Å². The Morgan fingerprint density at radius 3 is 2.51 bits per heavy atom. The summed E-state index contributed by atoms with van der Waals surface area (Å²) in [5, 5.41) is 12.9. The minimum Gasteiger partial charge on any atom is -0.292 e. The van der Waals surface area contributed by atoms with Crippen molar-refractivity contribution in [1.82, 2.24) is 10.0 Å². The first kappa shape index (κ1) is 24.6. The first-order chi connectivity index (χ1) is 16.6. The van der Waals surface area contributed by atoms with Crippen LogP contribution in [-0.2, 0) is 9.59 Å². The third-order valence-corrected chi connectivity index (χ3v) is 6.66. The van der Waals surface area contributed by atoms with E-state index in [0.717, 1.165) is 21.7 Å². The summed E-state index contributed by atoms with van der Waals surface area (Å²) < 4.78 is 0. The zero-order valence-electron chi connectivity index (χ0n) is 18.4. The number of imide groups is 1. The van der Waals surface area contributed by atoms with Crippen molar-refractivity contribution in [3.05, 3.63) is 85.4 Å². The van der Waals surface area contributed by atoms with Crippen molar-refractivity contribution in [2.45, 2.75) is 19.8 Å². The van der Waals surface area contributed by atoms with Crippen molar-refractivity contribution in [3.8, 4) is 0 Å². The molecule has 0 spiro atoms. The number of hydrogen-bond donors (Lipinski definition) is 0. The van der Waals surface area contributed by atoms with Crippen molar-refractivity contribution in [2.24, 2.45) is 11.8 Å². The molecule has 2 atom stereocenters. The standard InChI is InChI=1S/C24H19Cl2N3O6/c1-13-5-7-17-19(9-13)24(33)28(23(17)32)27(22(31)18-8-6-15(25)11-20(18)26)12-21(30)14-3-2-4-16(10-14)29(34)35/h2-6,8,10-11,17,19H,7,9,12H2,1H3/t17-,19+/m0/s1. The summed E-state index contributed by atoms with van der Waals surface area (Å²) in [5.41, 5.74) is 0.539. The Kier molecular flexibility index (Phi) is 6.73. The summed E-state index contributed by atoms with van der Waals surface area (Å²) in [6, 6.07) is 9.07. The van der Waals surface area contributed by atoms with E-state index in [-0.39, 0.29) is 26.9 Å². The Balaban J connectivity index is 1.73. The van der Waals surface area contributed by atoms with Gasteiger partial charge in [0.2, 0.25) is 0 Å². The van der Waals surface area contributed by atoms with E-state index >= 15 is 0 Å². The molecule has 0 bridgehead atoms. The van der Waals surface area contributed by atoms with Gasteiger partial charge < -0.3 is 0 Å². The van der Waals surface area contributed by atoms with Crippen LogP contribution in [0.4, 0.5) is 5.69 Å². The number of ketones is 1. The molecule has 1 aliphatic heterocycles. The van der Waals surface area contributed by atoms with Crippen LogP contribution in [0.3, 0.4) is 0 Å². The third-order valence-electron chi connectivity index (χ3n) is 6.11. The number of Topliss-reactive ketones (excluding diaryl/α,β-unsaturated/α-hetero) is 1. The molecule has 0 aromatic heterocycles. The van der Waals surface area contributed by atoms with Gasteiger partial charge in [0.05, 0.1) is 27.3 Å². The molecular weight excluding hydrogens is 497 g/mol. The highest BCUT2D eigenvalue weighted by Crippen LogP contribution is 2.39. The van der Waals surface area contributed by atoms with Gasteiger partial charge in [0.1, 0.15) is 6.54 Å². The lowest BCUT2D eigenvalue weighted by Gasteiger charge is -2.30. The second-order valence-corrected chi connectivity index (χ2v) is 9.25. The fourth-order valence-corrected chi connectivity index (χ4v) is 4.80. The molecule has 1 heterocycles. The SMILES string of the molecule is CC1=CC[C@@H]2C(=O)N(N(CC(=O)c3cccc([N+](=O)[O-])c3)C(=O)c3ccc(Cl)cc3Cl)C(=O)[C@@H]2C1. The number of non-ortho nitro benzene ring substituents is 1. The molecule has 3 amide bonds. The lowest BCUT2D eigenvalue weighted by atomic mass is 9.82. The molecule has 11 heteroatoms. The number of nitro groups is 1. The predicted molar refractivity (Wildman–Crippen MR) is 127 cm³/mol. The monoisotopic (exact) mass is 515 g/mol. The van der Waals surface area contributed by atoms with Gasteiger partial charge in [-0.15, -0.1) is 0 Å². The normalized spacial score (nSPS) is 19.3. The zero-order chi connectivity index (χ0) is 25.4. The molecule has 0 saturated carbocycles. The van der Waals surface area contributed by atoms with Crippen molar-refractivity contribution >= 4 is 52.4 Å². The largest absolute Gasteiger partial charge is 0.292 e. The number of carbonyl (C=O) groups is 4. The maximum atomic E-state index is 13.5. The van der Waals surface area contributed by atoms with Gasteiger partial charge in [-0.3, -0.25) is 29.3 Å². The van der Waals surface area contributed by atoms with E-state index in [2.05, 4.69) is 0 Å². The fraction of sp³-hybridized carbons (Fsp3) is 0.250. The quantitative estimate of drug-likeness (QED) is 0.184. The Bertz CT molecular complexity index is 1310. The highest BCUT2D eigenvalue weighted by molar-refractivity contribution is 6.36. The van der Waals surface area contributed by atoms with E-state index in [1.54, 1.807) is 0 Å². The third kappa shape index (κ3) is 4.69. The van der Waals surface area contributed by atoms with Gasteiger partial charge >= 0.3 is 0 Å². The Morgan fingerprint density at radius 2 is 1.83 bits per heavy atom. The smallest absolute Gasteiger partial charge is 0.274 e. The van der Waals surface area contributed by atoms with E-state index in [0.29, 0.717) is 12.8 Å². The van der Waals surface area contributed by atoms with Gasteiger partial charge in [0, 0.05) is 22.7 Å². The van der Waals surface area contributed by atoms with E-state index in [9.17, 15) is 29.3 Å². The maximum Gasteiger partial charge on any atom is 0.274 e. The summed E-state index contributed by atoms with van der Waals surface area (Å²) in [6.45, 7) is 1.15. The number of amides is 3. The van der Waals surface area contributed by atoms with Crippen LogP contribution in [0.25, 0.3) is 0 Å². The highest BCUT2D eigenvalue weighted by atomic mass is 35.5. The van der Waals surface area contributed by atoms with Gasteiger partial charge in [0.15, 0.2) is 5.78 Å². The van der Waals surface area contributed by atoms with Gasteiger partial charge in [0.25, 0.3) is 23.4 Å². The minimum absolute atomic E-state index is 0.0238. The van der Waals surface area contributed by atoms with Crippen LogP contribution in [0.5, 0.6) is 0 Å². The molecule has 4 rings (SSSR count). The molecule has 35 heavy (non-hydrogen) atoms. The highest BCUT2D eigenvalue weighted by Gasteiger charge is 2.52. The molecule has 0 N–H and O–H groups in total. The lowest BCUT2D eigenvalue weighted by Crippen LogP contribution is -2.52. The van der Waals surface area contributed by atoms with Crippen LogP contribution in [0.2, 0.25) is 10.0 Å². The zero-order valence-corrected chi connectivity index (χ0v) is 20.0. The maximum absolute atomic E-state index is 13.5. The van der Waals surface area contributed by atoms with Gasteiger partial charge in [-0.2, -0.15) is 5.01 Å². The van der Waals surface area contributed by atoms with E-state index in [1.165, 1.54) is 36.4 Å². The minimum atomic E-state index is -0.851. The van der Waals surface area contributed by atoms with Gasteiger partial charge in [-0.05, 0) is 38.0 Å².